The van der Waals surface area contributed by atoms with Crippen LogP contribution in [0.25, 0.3) is 0 Å². The summed E-state index contributed by atoms with van der Waals surface area (Å²) >= 11 is 0. The van der Waals surface area contributed by atoms with Crippen LogP contribution in [0.3, 0.4) is 0 Å². The maximum Gasteiger partial charge on any atom is 0.341 e. The molecule has 0 bridgehead atoms. The van der Waals surface area contributed by atoms with Crippen LogP contribution in [-0.4, -0.2) is 29.6 Å². The lowest BCUT2D eigenvalue weighted by Gasteiger charge is -2.22. The lowest BCUT2D eigenvalue weighted by atomic mass is 9.90. The van der Waals surface area contributed by atoms with E-state index in [2.05, 4.69) is 4.74 Å². The SMILES string of the molecule is COC(=O)C1=C(C)[C@@](C)(O)C(C)C1=O. The number of esters is 1. The first-order valence-corrected chi connectivity index (χ1v) is 4.40. The normalized spacial score (nSPS) is 32.4. The molecule has 0 radical (unpaired) electrons. The summed E-state index contributed by atoms with van der Waals surface area (Å²) in [5, 5.41) is 9.93. The van der Waals surface area contributed by atoms with Gasteiger partial charge in [-0.05, 0) is 19.4 Å². The summed E-state index contributed by atoms with van der Waals surface area (Å²) in [5.41, 5.74) is -0.854. The molecule has 0 aliphatic heterocycles. The lowest BCUT2D eigenvalue weighted by molar-refractivity contribution is -0.138. The van der Waals surface area contributed by atoms with Gasteiger partial charge in [0, 0.05) is 0 Å². The molecule has 1 aliphatic rings. The fourth-order valence-corrected chi connectivity index (χ4v) is 1.59. The average Bonchev–Trinajstić information content (AvgIpc) is 2.28. The van der Waals surface area contributed by atoms with Crippen LogP contribution in [0.2, 0.25) is 0 Å². The number of hydrogen-bond donors (Lipinski definition) is 1. The van der Waals surface area contributed by atoms with Gasteiger partial charge in [0.2, 0.25) is 0 Å². The quantitative estimate of drug-likeness (QED) is 0.490. The molecule has 1 aliphatic carbocycles. The first-order valence-electron chi connectivity index (χ1n) is 4.40. The van der Waals surface area contributed by atoms with Gasteiger partial charge in [-0.15, -0.1) is 0 Å². The van der Waals surface area contributed by atoms with E-state index >= 15 is 0 Å². The lowest BCUT2D eigenvalue weighted by Crippen LogP contribution is -2.32. The molecule has 1 N–H and O–H groups in total. The molecular formula is C10H14O4. The number of carbonyl (C=O) groups is 2. The third-order valence-electron chi connectivity index (χ3n) is 3.01. The molecule has 14 heavy (non-hydrogen) atoms. The van der Waals surface area contributed by atoms with E-state index in [-0.39, 0.29) is 11.4 Å². The summed E-state index contributed by atoms with van der Waals surface area (Å²) in [7, 11) is 1.22. The number of carbonyl (C=O) groups excluding carboxylic acids is 2. The van der Waals surface area contributed by atoms with Gasteiger partial charge in [-0.2, -0.15) is 0 Å². The number of Topliss-reactive ketones (excluding diaryl/α,β-unsaturated/α-hetero) is 1. The van der Waals surface area contributed by atoms with Gasteiger partial charge in [-0.1, -0.05) is 6.92 Å². The highest BCUT2D eigenvalue weighted by Gasteiger charge is 2.47. The second-order valence-electron chi connectivity index (χ2n) is 3.73. The van der Waals surface area contributed by atoms with Crippen LogP contribution in [0.4, 0.5) is 0 Å². The van der Waals surface area contributed by atoms with E-state index < -0.39 is 17.5 Å². The van der Waals surface area contributed by atoms with Crippen LogP contribution in [0.15, 0.2) is 11.1 Å². The van der Waals surface area contributed by atoms with Crippen molar-refractivity contribution in [3.63, 3.8) is 0 Å². The van der Waals surface area contributed by atoms with Crippen LogP contribution in [0.1, 0.15) is 20.8 Å². The van der Waals surface area contributed by atoms with Crippen LogP contribution >= 0.6 is 0 Å². The minimum absolute atomic E-state index is 0.00926. The van der Waals surface area contributed by atoms with Gasteiger partial charge in [-0.25, -0.2) is 4.79 Å². The summed E-state index contributed by atoms with van der Waals surface area (Å²) in [6.45, 7) is 4.70. The Hall–Kier alpha value is -1.16. The monoisotopic (exact) mass is 198 g/mol. The fraction of sp³-hybridized carbons (Fsp3) is 0.600. The zero-order valence-electron chi connectivity index (χ0n) is 8.75. The molecule has 2 atom stereocenters. The highest BCUT2D eigenvalue weighted by Crippen LogP contribution is 2.37. The van der Waals surface area contributed by atoms with Gasteiger partial charge in [-0.3, -0.25) is 4.79 Å². The minimum atomic E-state index is -1.24. The summed E-state index contributed by atoms with van der Waals surface area (Å²) in [5.74, 6) is -1.60. The van der Waals surface area contributed by atoms with Gasteiger partial charge in [0.1, 0.15) is 5.57 Å². The number of rotatable bonds is 1. The molecule has 0 aromatic heterocycles. The van der Waals surface area contributed by atoms with Crippen molar-refractivity contribution in [2.24, 2.45) is 5.92 Å². The molecule has 0 aromatic carbocycles. The van der Waals surface area contributed by atoms with Crippen molar-refractivity contribution < 1.29 is 19.4 Å². The first kappa shape index (κ1) is 10.9. The zero-order chi connectivity index (χ0) is 11.1. The Morgan fingerprint density at radius 2 is 2.07 bits per heavy atom. The van der Waals surface area contributed by atoms with E-state index in [0.29, 0.717) is 5.57 Å². The highest BCUT2D eigenvalue weighted by molar-refractivity contribution is 6.21. The van der Waals surface area contributed by atoms with E-state index in [1.165, 1.54) is 14.0 Å². The summed E-state index contributed by atoms with van der Waals surface area (Å²) < 4.78 is 4.49. The number of ether oxygens (including phenoxy) is 1. The van der Waals surface area contributed by atoms with Gasteiger partial charge < -0.3 is 9.84 Å². The number of hydrogen-bond acceptors (Lipinski definition) is 4. The van der Waals surface area contributed by atoms with Gasteiger partial charge in [0.25, 0.3) is 0 Å². The van der Waals surface area contributed by atoms with Gasteiger partial charge in [0.05, 0.1) is 18.6 Å². The van der Waals surface area contributed by atoms with E-state index in [1.54, 1.807) is 13.8 Å². The fourth-order valence-electron chi connectivity index (χ4n) is 1.59. The molecule has 0 fully saturated rings. The minimum Gasteiger partial charge on any atom is -0.465 e. The van der Waals surface area contributed by atoms with Crippen LogP contribution in [0.5, 0.6) is 0 Å². The third kappa shape index (κ3) is 1.26. The zero-order valence-corrected chi connectivity index (χ0v) is 8.75. The van der Waals surface area contributed by atoms with Gasteiger partial charge >= 0.3 is 5.97 Å². The molecule has 4 heteroatoms. The van der Waals surface area contributed by atoms with Crippen LogP contribution < -0.4 is 0 Å². The van der Waals surface area contributed by atoms with E-state index in [9.17, 15) is 14.7 Å². The molecule has 78 valence electrons. The van der Waals surface area contributed by atoms with Crippen molar-refractivity contribution in [1.82, 2.24) is 0 Å². The Labute approximate surface area is 82.6 Å². The number of aliphatic hydroxyl groups is 1. The van der Waals surface area contributed by atoms with E-state index in [1.807, 2.05) is 0 Å². The van der Waals surface area contributed by atoms with Crippen molar-refractivity contribution >= 4 is 11.8 Å². The van der Waals surface area contributed by atoms with Crippen molar-refractivity contribution in [2.45, 2.75) is 26.4 Å². The molecular weight excluding hydrogens is 184 g/mol. The first-order chi connectivity index (χ1) is 6.34. The Kier molecular flexibility index (Phi) is 2.50. The Bertz CT molecular complexity index is 325. The Balaban J connectivity index is 3.23. The average molecular weight is 198 g/mol. The predicted molar refractivity (Wildman–Crippen MR) is 49.5 cm³/mol. The molecule has 0 spiro atoms. The summed E-state index contributed by atoms with van der Waals surface area (Å²) in [4.78, 5) is 22.9. The van der Waals surface area contributed by atoms with E-state index in [0.717, 1.165) is 0 Å². The predicted octanol–water partition coefficient (Wildman–Crippen LogP) is 0.446. The number of methoxy groups -OCH3 is 1. The largest absolute Gasteiger partial charge is 0.465 e. The topological polar surface area (TPSA) is 63.6 Å². The van der Waals surface area contributed by atoms with Crippen molar-refractivity contribution in [3.05, 3.63) is 11.1 Å². The standard InChI is InChI=1S/C10H14O4/c1-5-7(9(12)14-4)8(11)6(2)10(5,3)13/h6,13H,1-4H3/t6?,10-/m1/s1. The highest BCUT2D eigenvalue weighted by atomic mass is 16.5. The second-order valence-corrected chi connectivity index (χ2v) is 3.73. The Morgan fingerprint density at radius 1 is 1.57 bits per heavy atom. The molecule has 1 unspecified atom stereocenters. The van der Waals surface area contributed by atoms with Crippen molar-refractivity contribution in [3.8, 4) is 0 Å². The Morgan fingerprint density at radius 3 is 2.36 bits per heavy atom. The van der Waals surface area contributed by atoms with E-state index in [4.69, 9.17) is 0 Å². The molecule has 0 saturated heterocycles. The van der Waals surface area contributed by atoms with Crippen LogP contribution in [0, 0.1) is 5.92 Å². The summed E-state index contributed by atoms with van der Waals surface area (Å²) in [6.07, 6.45) is 0. The second kappa shape index (κ2) is 3.20. The molecule has 0 saturated carbocycles. The van der Waals surface area contributed by atoms with Crippen LogP contribution in [-0.2, 0) is 14.3 Å². The molecule has 4 nitrogen and oxygen atoms in total. The maximum atomic E-state index is 11.6. The van der Waals surface area contributed by atoms with Crippen molar-refractivity contribution in [1.29, 1.82) is 0 Å². The van der Waals surface area contributed by atoms with Crippen molar-refractivity contribution in [2.75, 3.05) is 7.11 Å². The van der Waals surface area contributed by atoms with Gasteiger partial charge in [0.15, 0.2) is 5.78 Å². The third-order valence-corrected chi connectivity index (χ3v) is 3.01. The molecule has 0 aromatic rings. The smallest absolute Gasteiger partial charge is 0.341 e. The maximum absolute atomic E-state index is 11.6. The summed E-state index contributed by atoms with van der Waals surface area (Å²) in [6, 6.07) is 0. The molecule has 0 amide bonds. The molecule has 0 heterocycles. The number of ketones is 1. The molecule has 1 rings (SSSR count).